The van der Waals surface area contributed by atoms with E-state index in [1.54, 1.807) is 24.3 Å². The smallest absolute Gasteiger partial charge is 0.250 e. The van der Waals surface area contributed by atoms with Crippen LogP contribution in [-0.4, -0.2) is 41.1 Å². The zero-order valence-electron chi connectivity index (χ0n) is 11.9. The molecule has 0 bridgehead atoms. The summed E-state index contributed by atoms with van der Waals surface area (Å²) in [4.78, 5) is 27.0. The predicted octanol–water partition coefficient (Wildman–Crippen LogP) is 1.41. The number of morpholine rings is 1. The van der Waals surface area contributed by atoms with Crippen LogP contribution in [0.4, 0.5) is 5.82 Å². The normalized spacial score (nSPS) is 18.5. The van der Waals surface area contributed by atoms with E-state index < -0.39 is 6.04 Å². The van der Waals surface area contributed by atoms with Crippen molar-refractivity contribution in [3.8, 4) is 0 Å². The summed E-state index contributed by atoms with van der Waals surface area (Å²) in [6, 6.07) is 4.79. The summed E-state index contributed by atoms with van der Waals surface area (Å²) >= 11 is 1.55. The van der Waals surface area contributed by atoms with E-state index in [2.05, 4.69) is 10.5 Å². The maximum Gasteiger partial charge on any atom is 0.250 e. The van der Waals surface area contributed by atoms with E-state index >= 15 is 0 Å². The van der Waals surface area contributed by atoms with Crippen LogP contribution in [0.3, 0.4) is 0 Å². The number of aryl methyl sites for hydroxylation is 1. The Bertz CT molecular complexity index is 667. The van der Waals surface area contributed by atoms with Crippen LogP contribution in [-0.2, 0) is 20.9 Å². The number of hydrogen-bond donors (Lipinski definition) is 1. The maximum atomic E-state index is 12.4. The second kappa shape index (κ2) is 6.29. The molecule has 0 spiro atoms. The lowest BCUT2D eigenvalue weighted by atomic mass is 10.2. The summed E-state index contributed by atoms with van der Waals surface area (Å²) in [6.45, 7) is 2.30. The molecule has 3 heterocycles. The van der Waals surface area contributed by atoms with Crippen LogP contribution in [0.15, 0.2) is 28.1 Å². The van der Waals surface area contributed by atoms with Gasteiger partial charge in [0.15, 0.2) is 5.82 Å². The number of aromatic nitrogens is 1. The van der Waals surface area contributed by atoms with E-state index in [0.29, 0.717) is 18.1 Å². The fourth-order valence-corrected chi connectivity index (χ4v) is 2.93. The molecule has 1 saturated heterocycles. The lowest BCUT2D eigenvalue weighted by Gasteiger charge is -2.33. The molecule has 1 N–H and O–H groups in total. The number of nitrogens with zero attached hydrogens (tertiary/aromatic N) is 2. The minimum absolute atomic E-state index is 0.00176. The van der Waals surface area contributed by atoms with Crippen LogP contribution in [0.25, 0.3) is 0 Å². The minimum Gasteiger partial charge on any atom is -0.369 e. The fraction of sp³-hybridized carbons (Fsp3) is 0.357. The number of thiophene rings is 1. The van der Waals surface area contributed by atoms with Gasteiger partial charge in [-0.1, -0.05) is 11.2 Å². The summed E-state index contributed by atoms with van der Waals surface area (Å²) in [5.41, 5.74) is 0. The van der Waals surface area contributed by atoms with Crippen molar-refractivity contribution < 1.29 is 18.8 Å². The highest BCUT2D eigenvalue weighted by Crippen LogP contribution is 2.18. The quantitative estimate of drug-likeness (QED) is 0.920. The predicted molar refractivity (Wildman–Crippen MR) is 79.3 cm³/mol. The molecule has 2 aromatic heterocycles. The minimum atomic E-state index is -0.680. The first-order valence-corrected chi connectivity index (χ1v) is 7.65. The summed E-state index contributed by atoms with van der Waals surface area (Å²) in [5.74, 6) is 0.396. The van der Waals surface area contributed by atoms with Crippen LogP contribution in [0, 0.1) is 6.92 Å². The van der Waals surface area contributed by atoms with Crippen molar-refractivity contribution in [2.75, 3.05) is 18.5 Å². The van der Waals surface area contributed by atoms with E-state index in [4.69, 9.17) is 9.26 Å². The molecule has 8 heteroatoms. The number of ether oxygens (including phenoxy) is 1. The van der Waals surface area contributed by atoms with E-state index in [0.717, 1.165) is 4.88 Å². The van der Waals surface area contributed by atoms with Crippen molar-refractivity contribution in [3.05, 3.63) is 34.2 Å². The van der Waals surface area contributed by atoms with Crippen molar-refractivity contribution in [1.82, 2.24) is 10.1 Å². The Hall–Kier alpha value is -2.19. The molecule has 0 saturated carbocycles. The molecule has 0 radical (unpaired) electrons. The molecule has 1 atom stereocenters. The molecular weight excluding hydrogens is 306 g/mol. The molecule has 116 valence electrons. The van der Waals surface area contributed by atoms with E-state index in [-0.39, 0.29) is 25.0 Å². The van der Waals surface area contributed by atoms with Gasteiger partial charge in [-0.25, -0.2) is 0 Å². The molecule has 1 unspecified atom stereocenters. The number of amides is 2. The Kier molecular flexibility index (Phi) is 4.21. The fourth-order valence-electron chi connectivity index (χ4n) is 2.23. The van der Waals surface area contributed by atoms with Crippen LogP contribution in [0.5, 0.6) is 0 Å². The second-order valence-corrected chi connectivity index (χ2v) is 5.98. The summed E-state index contributed by atoms with van der Waals surface area (Å²) in [6.07, 6.45) is 0. The number of anilines is 1. The van der Waals surface area contributed by atoms with Gasteiger partial charge in [-0.2, -0.15) is 0 Å². The van der Waals surface area contributed by atoms with Gasteiger partial charge in [0.1, 0.15) is 18.4 Å². The van der Waals surface area contributed by atoms with E-state index in [9.17, 15) is 9.59 Å². The first kappa shape index (κ1) is 14.7. The summed E-state index contributed by atoms with van der Waals surface area (Å²) < 4.78 is 10.1. The molecular formula is C14H15N3O4S. The highest BCUT2D eigenvalue weighted by atomic mass is 32.1. The average molecular weight is 321 g/mol. The van der Waals surface area contributed by atoms with Gasteiger partial charge in [0, 0.05) is 10.9 Å². The average Bonchev–Trinajstić information content (AvgIpc) is 3.13. The van der Waals surface area contributed by atoms with Gasteiger partial charge in [0.25, 0.3) is 5.91 Å². The van der Waals surface area contributed by atoms with Crippen molar-refractivity contribution in [2.45, 2.75) is 19.5 Å². The Morgan fingerprint density at radius 2 is 2.45 bits per heavy atom. The Morgan fingerprint density at radius 3 is 3.14 bits per heavy atom. The van der Waals surface area contributed by atoms with Gasteiger partial charge in [-0.05, 0) is 18.4 Å². The zero-order chi connectivity index (χ0) is 15.5. The number of nitrogens with one attached hydrogen (secondary N) is 1. The van der Waals surface area contributed by atoms with Crippen molar-refractivity contribution in [3.63, 3.8) is 0 Å². The lowest BCUT2D eigenvalue weighted by molar-refractivity contribution is -0.153. The summed E-state index contributed by atoms with van der Waals surface area (Å²) in [7, 11) is 0. The molecule has 2 aromatic rings. The second-order valence-electron chi connectivity index (χ2n) is 4.94. The molecule has 1 fully saturated rings. The zero-order valence-corrected chi connectivity index (χ0v) is 12.8. The van der Waals surface area contributed by atoms with Gasteiger partial charge in [0.2, 0.25) is 5.91 Å². The third-order valence-corrected chi connectivity index (χ3v) is 4.15. The van der Waals surface area contributed by atoms with Gasteiger partial charge in [0.05, 0.1) is 13.2 Å². The molecule has 0 aliphatic carbocycles. The highest BCUT2D eigenvalue weighted by molar-refractivity contribution is 7.09. The molecule has 0 aromatic carbocycles. The van der Waals surface area contributed by atoms with Crippen molar-refractivity contribution in [2.24, 2.45) is 0 Å². The first-order valence-electron chi connectivity index (χ1n) is 6.77. The van der Waals surface area contributed by atoms with Crippen LogP contribution in [0.2, 0.25) is 0 Å². The Labute approximate surface area is 130 Å². The molecule has 1 aliphatic rings. The van der Waals surface area contributed by atoms with Gasteiger partial charge < -0.3 is 19.5 Å². The van der Waals surface area contributed by atoms with Crippen molar-refractivity contribution in [1.29, 1.82) is 0 Å². The summed E-state index contributed by atoms with van der Waals surface area (Å²) in [5, 5.41) is 8.31. The highest BCUT2D eigenvalue weighted by Gasteiger charge is 2.34. The molecule has 2 amide bonds. The Morgan fingerprint density at radius 1 is 1.59 bits per heavy atom. The molecule has 7 nitrogen and oxygen atoms in total. The molecule has 3 rings (SSSR count). The monoisotopic (exact) mass is 321 g/mol. The van der Waals surface area contributed by atoms with Crippen LogP contribution < -0.4 is 5.32 Å². The lowest BCUT2D eigenvalue weighted by Crippen LogP contribution is -2.54. The molecule has 22 heavy (non-hydrogen) atoms. The molecule has 1 aliphatic heterocycles. The SMILES string of the molecule is Cc1cc(NC(=O)C2COCC(=O)N2Cc2cccs2)no1. The van der Waals surface area contributed by atoms with Crippen LogP contribution >= 0.6 is 11.3 Å². The number of rotatable bonds is 4. The van der Waals surface area contributed by atoms with Gasteiger partial charge >= 0.3 is 0 Å². The number of hydrogen-bond acceptors (Lipinski definition) is 6. The van der Waals surface area contributed by atoms with Crippen molar-refractivity contribution >= 4 is 29.0 Å². The van der Waals surface area contributed by atoms with E-state index in [1.807, 2.05) is 17.5 Å². The third-order valence-electron chi connectivity index (χ3n) is 3.29. The maximum absolute atomic E-state index is 12.4. The number of carbonyl (C=O) groups excluding carboxylic acids is 2. The number of carbonyl (C=O) groups is 2. The van der Waals surface area contributed by atoms with E-state index in [1.165, 1.54) is 4.90 Å². The van der Waals surface area contributed by atoms with Gasteiger partial charge in [-0.15, -0.1) is 11.3 Å². The Balaban J connectivity index is 1.73. The third kappa shape index (κ3) is 3.18. The van der Waals surface area contributed by atoms with Crippen LogP contribution in [0.1, 0.15) is 10.6 Å². The topological polar surface area (TPSA) is 84.7 Å². The first-order chi connectivity index (χ1) is 10.6. The standard InChI is InChI=1S/C14H15N3O4S/c1-9-5-12(16-21-9)15-14(19)11-7-20-8-13(18)17(11)6-10-3-2-4-22-10/h2-5,11H,6-8H2,1H3,(H,15,16,19). The largest absolute Gasteiger partial charge is 0.369 e. The van der Waals surface area contributed by atoms with Gasteiger partial charge in [-0.3, -0.25) is 9.59 Å².